The monoisotopic (exact) mass is 375 g/mol. The maximum absolute atomic E-state index is 12.1. The average molecular weight is 375 g/mol. The molecule has 0 aliphatic carbocycles. The van der Waals surface area contributed by atoms with Crippen molar-refractivity contribution in [2.45, 2.75) is 6.61 Å². The van der Waals surface area contributed by atoms with E-state index in [4.69, 9.17) is 19.2 Å². The molecule has 140 valence electrons. The predicted molar refractivity (Wildman–Crippen MR) is 102 cm³/mol. The van der Waals surface area contributed by atoms with Gasteiger partial charge >= 0.3 is 5.91 Å². The molecule has 1 N–H and O–H groups in total. The zero-order valence-corrected chi connectivity index (χ0v) is 14.9. The van der Waals surface area contributed by atoms with Crippen LogP contribution in [0.1, 0.15) is 21.9 Å². The number of nitriles is 1. The second kappa shape index (κ2) is 9.59. The molecule has 7 heteroatoms. The first-order valence-corrected chi connectivity index (χ1v) is 8.44. The van der Waals surface area contributed by atoms with Crippen LogP contribution < -0.4 is 14.9 Å². The maximum Gasteiger partial charge on any atom is 0.307 e. The number of nitrogens with zero attached hydrogens (tertiary/aromatic N) is 2. The minimum atomic E-state index is -0.462. The number of carbonyl (C=O) groups excluding carboxylic acids is 1. The van der Waals surface area contributed by atoms with E-state index in [1.54, 1.807) is 36.4 Å². The van der Waals surface area contributed by atoms with Crippen LogP contribution in [-0.2, 0) is 6.61 Å². The third-order valence-corrected chi connectivity index (χ3v) is 3.57. The summed E-state index contributed by atoms with van der Waals surface area (Å²) in [5, 5.41) is 12.4. The van der Waals surface area contributed by atoms with Crippen molar-refractivity contribution in [3.05, 3.63) is 83.8 Å². The highest BCUT2D eigenvalue weighted by Crippen LogP contribution is 2.14. The van der Waals surface area contributed by atoms with Crippen LogP contribution in [0.2, 0.25) is 0 Å². The number of furan rings is 1. The molecule has 0 unspecified atom stereocenters. The highest BCUT2D eigenvalue weighted by molar-refractivity contribution is 5.92. The Balaban J connectivity index is 1.49. The molecule has 3 aromatic rings. The quantitative estimate of drug-likeness (QED) is 0.480. The Morgan fingerprint density at radius 1 is 1.04 bits per heavy atom. The highest BCUT2D eigenvalue weighted by atomic mass is 16.5. The lowest BCUT2D eigenvalue weighted by Crippen LogP contribution is -2.16. The summed E-state index contributed by atoms with van der Waals surface area (Å²) in [6.07, 6.45) is 1.49. The normalized spacial score (nSPS) is 10.4. The van der Waals surface area contributed by atoms with E-state index >= 15 is 0 Å². The molecule has 0 fully saturated rings. The van der Waals surface area contributed by atoms with Crippen LogP contribution in [0, 0.1) is 11.3 Å². The maximum atomic E-state index is 12.1. The molecule has 1 heterocycles. The number of ether oxygens (including phenoxy) is 2. The van der Waals surface area contributed by atoms with E-state index in [0.29, 0.717) is 11.5 Å². The fraction of sp³-hybridized carbons (Fsp3) is 0.0952. The molecule has 7 nitrogen and oxygen atoms in total. The summed E-state index contributed by atoms with van der Waals surface area (Å²) in [6.45, 7) is 0.214. The molecule has 28 heavy (non-hydrogen) atoms. The first-order valence-electron chi connectivity index (χ1n) is 8.44. The largest absolute Gasteiger partial charge is 0.486 e. The molecule has 0 aliphatic heterocycles. The smallest absolute Gasteiger partial charge is 0.307 e. The number of nitrogens with one attached hydrogen (secondary N) is 1. The number of carbonyl (C=O) groups is 1. The molecule has 0 bridgehead atoms. The van der Waals surface area contributed by atoms with E-state index in [9.17, 15) is 4.79 Å². The Kier molecular flexibility index (Phi) is 6.42. The Bertz CT molecular complexity index is 973. The van der Waals surface area contributed by atoms with E-state index in [2.05, 4.69) is 10.5 Å². The van der Waals surface area contributed by atoms with Gasteiger partial charge in [0.15, 0.2) is 12.4 Å². The molecule has 0 radical (unpaired) electrons. The molecule has 2 aromatic carbocycles. The van der Waals surface area contributed by atoms with Crippen molar-refractivity contribution in [1.82, 2.24) is 5.43 Å². The number of para-hydroxylation sites is 1. The van der Waals surface area contributed by atoms with Crippen molar-refractivity contribution >= 4 is 12.1 Å². The lowest BCUT2D eigenvalue weighted by Gasteiger charge is -2.03. The molecule has 0 saturated heterocycles. The van der Waals surface area contributed by atoms with Crippen molar-refractivity contribution in [2.75, 3.05) is 6.61 Å². The second-order valence-corrected chi connectivity index (χ2v) is 5.58. The summed E-state index contributed by atoms with van der Waals surface area (Å²) in [5.74, 6) is 1.52. The Morgan fingerprint density at radius 3 is 2.54 bits per heavy atom. The van der Waals surface area contributed by atoms with Crippen LogP contribution in [-0.4, -0.2) is 18.7 Å². The Morgan fingerprint density at radius 2 is 1.79 bits per heavy atom. The van der Waals surface area contributed by atoms with Crippen LogP contribution in [0.4, 0.5) is 0 Å². The lowest BCUT2D eigenvalue weighted by molar-refractivity contribution is 0.0923. The van der Waals surface area contributed by atoms with Gasteiger partial charge in [-0.2, -0.15) is 10.4 Å². The van der Waals surface area contributed by atoms with Gasteiger partial charge < -0.3 is 13.9 Å². The number of hydrazone groups is 1. The van der Waals surface area contributed by atoms with E-state index in [0.717, 1.165) is 11.3 Å². The van der Waals surface area contributed by atoms with Crippen LogP contribution in [0.25, 0.3) is 0 Å². The van der Waals surface area contributed by atoms with Crippen LogP contribution in [0.5, 0.6) is 11.5 Å². The molecular formula is C21H17N3O4. The van der Waals surface area contributed by atoms with E-state index in [-0.39, 0.29) is 19.0 Å². The minimum absolute atomic E-state index is 0.00891. The number of hydrogen-bond donors (Lipinski definition) is 1. The summed E-state index contributed by atoms with van der Waals surface area (Å²) in [5.41, 5.74) is 3.17. The van der Waals surface area contributed by atoms with Crippen molar-refractivity contribution in [2.24, 2.45) is 5.10 Å². The first kappa shape index (κ1) is 18.7. The molecule has 1 amide bonds. The number of amides is 1. The molecule has 0 atom stereocenters. The average Bonchev–Trinajstić information content (AvgIpc) is 3.21. The topological polar surface area (TPSA) is 96.8 Å². The van der Waals surface area contributed by atoms with Crippen molar-refractivity contribution in [3.63, 3.8) is 0 Å². The molecular weight excluding hydrogens is 358 g/mol. The van der Waals surface area contributed by atoms with Gasteiger partial charge in [0, 0.05) is 0 Å². The van der Waals surface area contributed by atoms with E-state index < -0.39 is 5.91 Å². The van der Waals surface area contributed by atoms with Gasteiger partial charge in [0.25, 0.3) is 0 Å². The third kappa shape index (κ3) is 5.47. The molecule has 3 rings (SSSR count). The van der Waals surface area contributed by atoms with Crippen molar-refractivity contribution in [3.8, 4) is 17.6 Å². The van der Waals surface area contributed by atoms with Crippen LogP contribution >= 0.6 is 0 Å². The Hall–Kier alpha value is -4.05. The van der Waals surface area contributed by atoms with Gasteiger partial charge in [-0.15, -0.1) is 0 Å². The fourth-order valence-electron chi connectivity index (χ4n) is 2.23. The van der Waals surface area contributed by atoms with Gasteiger partial charge in [-0.05, 0) is 54.1 Å². The second-order valence-electron chi connectivity index (χ2n) is 5.58. The summed E-state index contributed by atoms with van der Waals surface area (Å²) < 4.78 is 16.2. The van der Waals surface area contributed by atoms with Gasteiger partial charge in [-0.25, -0.2) is 5.43 Å². The zero-order valence-electron chi connectivity index (χ0n) is 14.9. The minimum Gasteiger partial charge on any atom is -0.486 e. The zero-order chi connectivity index (χ0) is 19.6. The summed E-state index contributed by atoms with van der Waals surface area (Å²) in [6, 6.07) is 21.4. The van der Waals surface area contributed by atoms with Crippen molar-refractivity contribution < 1.29 is 18.7 Å². The first-order chi connectivity index (χ1) is 13.7. The van der Waals surface area contributed by atoms with E-state index in [1.807, 2.05) is 36.4 Å². The predicted octanol–water partition coefficient (Wildman–Crippen LogP) is 3.52. The van der Waals surface area contributed by atoms with Crippen LogP contribution in [0.3, 0.4) is 0 Å². The van der Waals surface area contributed by atoms with Gasteiger partial charge in [0.05, 0.1) is 6.21 Å². The van der Waals surface area contributed by atoms with Gasteiger partial charge in [-0.1, -0.05) is 18.2 Å². The Labute approximate surface area is 161 Å². The van der Waals surface area contributed by atoms with E-state index in [1.165, 1.54) is 6.21 Å². The molecule has 0 saturated carbocycles. The number of rotatable bonds is 8. The van der Waals surface area contributed by atoms with Gasteiger partial charge in [0.1, 0.15) is 29.9 Å². The molecule has 0 aliphatic rings. The number of hydrogen-bond acceptors (Lipinski definition) is 6. The fourth-order valence-corrected chi connectivity index (χ4v) is 2.23. The SMILES string of the molecule is N#CCOc1ccc(/C=N\NC(=O)c2ccc(COc3ccccc3)o2)cc1. The summed E-state index contributed by atoms with van der Waals surface area (Å²) in [4.78, 5) is 12.1. The summed E-state index contributed by atoms with van der Waals surface area (Å²) >= 11 is 0. The molecule has 1 aromatic heterocycles. The van der Waals surface area contributed by atoms with Gasteiger partial charge in [0.2, 0.25) is 0 Å². The van der Waals surface area contributed by atoms with Crippen LogP contribution in [0.15, 0.2) is 76.2 Å². The summed E-state index contributed by atoms with van der Waals surface area (Å²) in [7, 11) is 0. The van der Waals surface area contributed by atoms with Crippen molar-refractivity contribution in [1.29, 1.82) is 5.26 Å². The highest BCUT2D eigenvalue weighted by Gasteiger charge is 2.10. The number of benzene rings is 2. The standard InChI is InChI=1S/C21H17N3O4/c22-12-13-26-18-8-6-16(7-9-18)14-23-24-21(25)20-11-10-19(28-20)15-27-17-4-2-1-3-5-17/h1-11,14H,13,15H2,(H,24,25)/b23-14-. The lowest BCUT2D eigenvalue weighted by atomic mass is 10.2. The third-order valence-electron chi connectivity index (χ3n) is 3.57. The molecule has 0 spiro atoms. The van der Waals surface area contributed by atoms with Gasteiger partial charge in [-0.3, -0.25) is 4.79 Å².